The number of aliphatic hydroxyl groups excluding tert-OH is 1. The molecule has 0 heterocycles. The zero-order valence-electron chi connectivity index (χ0n) is 12.9. The summed E-state index contributed by atoms with van der Waals surface area (Å²) < 4.78 is 0. The Kier molecular flexibility index (Phi) is 6.02. The number of carbonyl (C=O) groups is 1. The zero-order valence-corrected chi connectivity index (χ0v) is 12.9. The van der Waals surface area contributed by atoms with Crippen LogP contribution in [-0.2, 0) is 11.8 Å². The third kappa shape index (κ3) is 5.61. The molecular formula is C16H26N2O2. The van der Waals surface area contributed by atoms with E-state index in [1.54, 1.807) is 6.92 Å². The fraction of sp³-hybridized carbons (Fsp3) is 0.562. The third-order valence-corrected chi connectivity index (χ3v) is 3.17. The number of rotatable bonds is 5. The molecule has 112 valence electrons. The van der Waals surface area contributed by atoms with Crippen molar-refractivity contribution in [2.45, 2.75) is 45.6 Å². The highest BCUT2D eigenvalue weighted by Crippen LogP contribution is 2.22. The van der Waals surface area contributed by atoms with E-state index in [-0.39, 0.29) is 24.1 Å². The van der Waals surface area contributed by atoms with Crippen molar-refractivity contribution >= 4 is 6.03 Å². The molecule has 0 fully saturated rings. The van der Waals surface area contributed by atoms with Crippen molar-refractivity contribution in [3.8, 4) is 0 Å². The molecular weight excluding hydrogens is 252 g/mol. The molecule has 1 aromatic carbocycles. The topological polar surface area (TPSA) is 61.4 Å². The quantitative estimate of drug-likeness (QED) is 0.773. The molecule has 3 N–H and O–H groups in total. The number of carbonyl (C=O) groups excluding carboxylic acids is 1. The van der Waals surface area contributed by atoms with Crippen molar-refractivity contribution in [3.63, 3.8) is 0 Å². The average molecular weight is 278 g/mol. The fourth-order valence-corrected chi connectivity index (χ4v) is 1.81. The second kappa shape index (κ2) is 7.29. The van der Waals surface area contributed by atoms with Crippen LogP contribution in [0.15, 0.2) is 24.3 Å². The molecule has 0 aliphatic rings. The minimum Gasteiger partial charge on any atom is -0.394 e. The SMILES string of the molecule is C[C@@H](CO)NC(=O)NCCc1ccc(C(C)(C)C)cc1. The Hall–Kier alpha value is -1.55. The maximum atomic E-state index is 11.5. The van der Waals surface area contributed by atoms with Gasteiger partial charge in [0.25, 0.3) is 0 Å². The number of nitrogens with one attached hydrogen (secondary N) is 2. The molecule has 0 bridgehead atoms. The summed E-state index contributed by atoms with van der Waals surface area (Å²) in [6.45, 7) is 8.86. The maximum Gasteiger partial charge on any atom is 0.315 e. The molecule has 1 atom stereocenters. The van der Waals surface area contributed by atoms with Crippen LogP contribution in [0.1, 0.15) is 38.8 Å². The largest absolute Gasteiger partial charge is 0.394 e. The Balaban J connectivity index is 2.37. The van der Waals surface area contributed by atoms with Crippen LogP contribution in [0.4, 0.5) is 4.79 Å². The summed E-state index contributed by atoms with van der Waals surface area (Å²) >= 11 is 0. The molecule has 0 aliphatic carbocycles. The minimum atomic E-state index is -0.238. The number of hydrogen-bond acceptors (Lipinski definition) is 2. The van der Waals surface area contributed by atoms with Gasteiger partial charge in [0.1, 0.15) is 0 Å². The van der Waals surface area contributed by atoms with Gasteiger partial charge in [0.05, 0.1) is 12.6 Å². The molecule has 0 saturated carbocycles. The molecule has 1 rings (SSSR count). The summed E-state index contributed by atoms with van der Waals surface area (Å²) in [6.07, 6.45) is 0.797. The van der Waals surface area contributed by atoms with Crippen molar-refractivity contribution < 1.29 is 9.90 Å². The van der Waals surface area contributed by atoms with E-state index in [0.29, 0.717) is 6.54 Å². The van der Waals surface area contributed by atoms with Gasteiger partial charge in [0.15, 0.2) is 0 Å². The van der Waals surface area contributed by atoms with E-state index in [1.165, 1.54) is 11.1 Å². The van der Waals surface area contributed by atoms with Gasteiger partial charge in [-0.05, 0) is 29.9 Å². The smallest absolute Gasteiger partial charge is 0.315 e. The van der Waals surface area contributed by atoms with Gasteiger partial charge in [-0.3, -0.25) is 0 Å². The van der Waals surface area contributed by atoms with Gasteiger partial charge >= 0.3 is 6.03 Å². The summed E-state index contributed by atoms with van der Waals surface area (Å²) in [4.78, 5) is 11.5. The number of hydrogen-bond donors (Lipinski definition) is 3. The van der Waals surface area contributed by atoms with E-state index in [9.17, 15) is 4.79 Å². The van der Waals surface area contributed by atoms with Crippen LogP contribution in [-0.4, -0.2) is 30.3 Å². The van der Waals surface area contributed by atoms with E-state index in [2.05, 4.69) is 55.7 Å². The number of benzene rings is 1. The molecule has 0 aromatic heterocycles. The number of aliphatic hydroxyl groups is 1. The molecule has 2 amide bonds. The van der Waals surface area contributed by atoms with Crippen molar-refractivity contribution in [3.05, 3.63) is 35.4 Å². The maximum absolute atomic E-state index is 11.5. The molecule has 20 heavy (non-hydrogen) atoms. The second-order valence-corrected chi connectivity index (χ2v) is 6.18. The third-order valence-electron chi connectivity index (χ3n) is 3.17. The first-order valence-corrected chi connectivity index (χ1v) is 7.07. The van der Waals surface area contributed by atoms with Gasteiger partial charge < -0.3 is 15.7 Å². The monoisotopic (exact) mass is 278 g/mol. The first-order chi connectivity index (χ1) is 9.32. The van der Waals surface area contributed by atoms with Gasteiger partial charge in [-0.2, -0.15) is 0 Å². The predicted octanol–water partition coefficient (Wildman–Crippen LogP) is 2.21. The van der Waals surface area contributed by atoms with Gasteiger partial charge in [-0.25, -0.2) is 4.79 Å². The van der Waals surface area contributed by atoms with E-state index >= 15 is 0 Å². The highest BCUT2D eigenvalue weighted by molar-refractivity contribution is 5.74. The lowest BCUT2D eigenvalue weighted by atomic mass is 9.86. The Bertz CT molecular complexity index is 421. The summed E-state index contributed by atoms with van der Waals surface area (Å²) in [6, 6.07) is 8.04. The van der Waals surface area contributed by atoms with Crippen LogP contribution in [0.3, 0.4) is 0 Å². The fourth-order valence-electron chi connectivity index (χ4n) is 1.81. The molecule has 4 nitrogen and oxygen atoms in total. The highest BCUT2D eigenvalue weighted by atomic mass is 16.3. The van der Waals surface area contributed by atoms with E-state index in [0.717, 1.165) is 6.42 Å². The molecule has 0 aliphatic heterocycles. The highest BCUT2D eigenvalue weighted by Gasteiger charge is 2.12. The Morgan fingerprint density at radius 3 is 2.35 bits per heavy atom. The van der Waals surface area contributed by atoms with Crippen LogP contribution in [0.25, 0.3) is 0 Å². The first kappa shape index (κ1) is 16.5. The lowest BCUT2D eigenvalue weighted by Crippen LogP contribution is -2.42. The molecule has 0 radical (unpaired) electrons. The predicted molar refractivity (Wildman–Crippen MR) is 81.9 cm³/mol. The van der Waals surface area contributed by atoms with Gasteiger partial charge in [0.2, 0.25) is 0 Å². The van der Waals surface area contributed by atoms with Gasteiger partial charge in [-0.1, -0.05) is 45.0 Å². The van der Waals surface area contributed by atoms with Crippen molar-refractivity contribution in [1.82, 2.24) is 10.6 Å². The zero-order chi connectivity index (χ0) is 15.2. The Morgan fingerprint density at radius 2 is 1.85 bits per heavy atom. The summed E-state index contributed by atoms with van der Waals surface area (Å²) in [5.41, 5.74) is 2.68. The van der Waals surface area contributed by atoms with Crippen LogP contribution < -0.4 is 10.6 Å². The van der Waals surface area contributed by atoms with Gasteiger partial charge in [0, 0.05) is 6.54 Å². The van der Waals surface area contributed by atoms with Crippen LogP contribution in [0, 0.1) is 0 Å². The van der Waals surface area contributed by atoms with Gasteiger partial charge in [-0.15, -0.1) is 0 Å². The summed E-state index contributed by atoms with van der Waals surface area (Å²) in [5, 5.41) is 14.3. The van der Waals surface area contributed by atoms with Crippen LogP contribution in [0.5, 0.6) is 0 Å². The lowest BCUT2D eigenvalue weighted by Gasteiger charge is -2.19. The van der Waals surface area contributed by atoms with E-state index < -0.39 is 0 Å². The van der Waals surface area contributed by atoms with Crippen LogP contribution in [0.2, 0.25) is 0 Å². The van der Waals surface area contributed by atoms with Crippen LogP contribution >= 0.6 is 0 Å². The second-order valence-electron chi connectivity index (χ2n) is 6.18. The summed E-state index contributed by atoms with van der Waals surface area (Å²) in [5.74, 6) is 0. The first-order valence-electron chi connectivity index (χ1n) is 7.07. The molecule has 1 aromatic rings. The van der Waals surface area contributed by atoms with Crippen molar-refractivity contribution in [2.75, 3.05) is 13.2 Å². The minimum absolute atomic E-state index is 0.0539. The average Bonchev–Trinajstić information content (AvgIpc) is 2.38. The standard InChI is InChI=1S/C16H26N2O2/c1-12(11-19)18-15(20)17-10-9-13-5-7-14(8-6-13)16(2,3)4/h5-8,12,19H,9-11H2,1-4H3,(H2,17,18,20)/t12-/m0/s1. The van der Waals surface area contributed by atoms with E-state index in [1.807, 2.05) is 0 Å². The molecule has 4 heteroatoms. The lowest BCUT2D eigenvalue weighted by molar-refractivity contribution is 0.220. The van der Waals surface area contributed by atoms with Crippen molar-refractivity contribution in [1.29, 1.82) is 0 Å². The number of urea groups is 1. The number of amides is 2. The Morgan fingerprint density at radius 1 is 1.25 bits per heavy atom. The van der Waals surface area contributed by atoms with Crippen molar-refractivity contribution in [2.24, 2.45) is 0 Å². The molecule has 0 spiro atoms. The summed E-state index contributed by atoms with van der Waals surface area (Å²) in [7, 11) is 0. The van der Waals surface area contributed by atoms with E-state index in [4.69, 9.17) is 5.11 Å². The molecule has 0 unspecified atom stereocenters. The molecule has 0 saturated heterocycles. The normalized spacial score (nSPS) is 12.8. The Labute approximate surface area is 121 Å².